The maximum atomic E-state index is 12.0. The molecule has 0 saturated carbocycles. The van der Waals surface area contributed by atoms with Gasteiger partial charge in [0.05, 0.1) is 39.1 Å². The molecule has 1 fully saturated rings. The van der Waals surface area contributed by atoms with Crippen LogP contribution in [0.2, 0.25) is 0 Å². The van der Waals surface area contributed by atoms with E-state index in [2.05, 4.69) is 0 Å². The minimum atomic E-state index is -1.14. The Hall–Kier alpha value is -4.27. The summed E-state index contributed by atoms with van der Waals surface area (Å²) in [4.78, 5) is 12.0. The lowest BCUT2D eigenvalue weighted by Gasteiger charge is -2.43. The molecule has 1 aliphatic rings. The molecular formula is C36H36O7. The first kappa shape index (κ1) is 30.2. The highest BCUT2D eigenvalue weighted by molar-refractivity contribution is 5.80. The third kappa shape index (κ3) is 9.11. The largest absolute Gasteiger partial charge is 0.486 e. The summed E-state index contributed by atoms with van der Waals surface area (Å²) in [6, 6.07) is 39.2. The average Bonchev–Trinajstić information content (AvgIpc) is 3.04. The third-order valence-corrected chi connectivity index (χ3v) is 7.06. The Balaban J connectivity index is 1.44. The van der Waals surface area contributed by atoms with Crippen LogP contribution < -0.4 is 0 Å². The van der Waals surface area contributed by atoms with Gasteiger partial charge in [0.25, 0.3) is 0 Å². The van der Waals surface area contributed by atoms with Crippen LogP contribution >= 0.6 is 0 Å². The van der Waals surface area contributed by atoms with Gasteiger partial charge in [0, 0.05) is 0 Å². The summed E-state index contributed by atoms with van der Waals surface area (Å²) in [5, 5.41) is 9.78. The zero-order valence-corrected chi connectivity index (χ0v) is 23.9. The van der Waals surface area contributed by atoms with Gasteiger partial charge in [-0.05, 0) is 22.3 Å². The molecule has 1 heterocycles. The predicted molar refractivity (Wildman–Crippen MR) is 162 cm³/mol. The monoisotopic (exact) mass is 580 g/mol. The highest BCUT2D eigenvalue weighted by Gasteiger charge is 2.47. The summed E-state index contributed by atoms with van der Waals surface area (Å²) < 4.78 is 31.9. The van der Waals surface area contributed by atoms with Gasteiger partial charge in [0.15, 0.2) is 6.10 Å². The van der Waals surface area contributed by atoms with Crippen LogP contribution in [0.25, 0.3) is 0 Å². The molecule has 0 aromatic heterocycles. The van der Waals surface area contributed by atoms with Gasteiger partial charge < -0.3 is 28.8 Å². The number of aliphatic carboxylic acids is 1. The molecule has 1 aliphatic heterocycles. The van der Waals surface area contributed by atoms with Crippen molar-refractivity contribution in [2.24, 2.45) is 0 Å². The maximum absolute atomic E-state index is 12.0. The lowest BCUT2D eigenvalue weighted by atomic mass is 9.96. The minimum absolute atomic E-state index is 0.155. The van der Waals surface area contributed by atoms with E-state index in [1.165, 1.54) is 0 Å². The van der Waals surface area contributed by atoms with E-state index in [1.807, 2.05) is 121 Å². The quantitative estimate of drug-likeness (QED) is 0.175. The lowest BCUT2D eigenvalue weighted by Crippen LogP contribution is -2.56. The van der Waals surface area contributed by atoms with E-state index in [0.29, 0.717) is 13.2 Å². The van der Waals surface area contributed by atoms with Gasteiger partial charge in [0.2, 0.25) is 0 Å². The Morgan fingerprint density at radius 1 is 0.605 bits per heavy atom. The highest BCUT2D eigenvalue weighted by atomic mass is 16.6. The van der Waals surface area contributed by atoms with Gasteiger partial charge in [0.1, 0.15) is 24.1 Å². The van der Waals surface area contributed by atoms with Crippen LogP contribution in [0.15, 0.2) is 133 Å². The van der Waals surface area contributed by atoms with E-state index < -0.39 is 30.4 Å². The molecule has 4 aromatic carbocycles. The van der Waals surface area contributed by atoms with Crippen LogP contribution in [0.4, 0.5) is 0 Å². The first-order chi connectivity index (χ1) is 21.2. The molecular weight excluding hydrogens is 544 g/mol. The van der Waals surface area contributed by atoms with Crippen molar-refractivity contribution >= 4 is 5.97 Å². The smallest absolute Gasteiger partial charge is 0.331 e. The average molecular weight is 581 g/mol. The summed E-state index contributed by atoms with van der Waals surface area (Å²) in [6.07, 6.45) is -1.78. The molecule has 0 unspecified atom stereocenters. The molecule has 0 radical (unpaired) electrons. The fraction of sp³-hybridized carbons (Fsp3) is 0.250. The molecule has 4 atom stereocenters. The van der Waals surface area contributed by atoms with Gasteiger partial charge in [-0.1, -0.05) is 121 Å². The Morgan fingerprint density at radius 3 is 1.49 bits per heavy atom. The molecule has 0 bridgehead atoms. The second-order valence-corrected chi connectivity index (χ2v) is 10.3. The van der Waals surface area contributed by atoms with Gasteiger partial charge in [-0.2, -0.15) is 0 Å². The first-order valence-electron chi connectivity index (χ1n) is 14.3. The van der Waals surface area contributed by atoms with E-state index in [0.717, 1.165) is 28.3 Å². The molecule has 7 heteroatoms. The fourth-order valence-electron chi connectivity index (χ4n) is 4.94. The molecule has 1 N–H and O–H groups in total. The molecule has 222 valence electrons. The van der Waals surface area contributed by atoms with E-state index in [4.69, 9.17) is 23.7 Å². The zero-order valence-electron chi connectivity index (χ0n) is 23.9. The van der Waals surface area contributed by atoms with Gasteiger partial charge in [-0.25, -0.2) is 4.79 Å². The first-order valence-corrected chi connectivity index (χ1v) is 14.3. The lowest BCUT2D eigenvalue weighted by molar-refractivity contribution is -0.223. The van der Waals surface area contributed by atoms with Crippen molar-refractivity contribution in [3.8, 4) is 0 Å². The number of ether oxygens (including phenoxy) is 5. The topological polar surface area (TPSA) is 83.5 Å². The van der Waals surface area contributed by atoms with E-state index in [9.17, 15) is 9.90 Å². The standard InChI is InChI=1S/C36H36O7/c37-33(38)21-31-34(40-23-28-15-7-2-8-16-28)36(42-25-30-19-11-4-12-20-30)35(41-24-29-17-9-3-10-18-29)32(43-31)26-39-22-27-13-5-1-6-14-27/h1-21,32,34-36H,22-26H2,(H,37,38)/t32-,34+,35-,36+/m1/s1. The normalized spacial score (nSPS) is 20.9. The fourth-order valence-corrected chi connectivity index (χ4v) is 4.94. The zero-order chi connectivity index (χ0) is 29.7. The summed E-state index contributed by atoms with van der Waals surface area (Å²) in [5.41, 5.74) is 3.91. The Morgan fingerprint density at radius 2 is 1.02 bits per heavy atom. The van der Waals surface area contributed by atoms with Gasteiger partial charge >= 0.3 is 5.97 Å². The molecule has 7 nitrogen and oxygen atoms in total. The van der Waals surface area contributed by atoms with Gasteiger partial charge in [-0.3, -0.25) is 0 Å². The van der Waals surface area contributed by atoms with Crippen molar-refractivity contribution in [1.82, 2.24) is 0 Å². The number of carbonyl (C=O) groups is 1. The molecule has 0 aliphatic carbocycles. The Labute approximate surface area is 252 Å². The highest BCUT2D eigenvalue weighted by Crippen LogP contribution is 2.33. The summed E-state index contributed by atoms with van der Waals surface area (Å²) in [7, 11) is 0. The molecule has 43 heavy (non-hydrogen) atoms. The SMILES string of the molecule is O=C(O)C=C1O[C@H](COCc2ccccc2)[C@@H](OCc2ccccc2)[C@@H](OCc2ccccc2)[C@H]1OCc1ccccc1. The van der Waals surface area contributed by atoms with Crippen LogP contribution in [0.3, 0.4) is 0 Å². The van der Waals surface area contributed by atoms with Crippen molar-refractivity contribution in [3.63, 3.8) is 0 Å². The van der Waals surface area contributed by atoms with Crippen LogP contribution in [-0.4, -0.2) is 42.1 Å². The number of rotatable bonds is 14. The predicted octanol–water partition coefficient (Wildman–Crippen LogP) is 6.33. The number of hydrogen-bond acceptors (Lipinski definition) is 6. The Kier molecular flexibility index (Phi) is 11.1. The summed E-state index contributed by atoms with van der Waals surface area (Å²) in [5.74, 6) is -0.980. The maximum Gasteiger partial charge on any atom is 0.331 e. The summed E-state index contributed by atoms with van der Waals surface area (Å²) in [6.45, 7) is 1.34. The number of benzene rings is 4. The van der Waals surface area contributed by atoms with Crippen molar-refractivity contribution in [3.05, 3.63) is 155 Å². The number of carboxylic acids is 1. The van der Waals surface area contributed by atoms with Crippen molar-refractivity contribution < 1.29 is 33.6 Å². The second-order valence-electron chi connectivity index (χ2n) is 10.3. The van der Waals surface area contributed by atoms with E-state index in [1.54, 1.807) is 0 Å². The van der Waals surface area contributed by atoms with Crippen LogP contribution in [-0.2, 0) is 54.9 Å². The molecule has 4 aromatic rings. The molecule has 1 saturated heterocycles. The number of hydrogen-bond donors (Lipinski definition) is 1. The minimum Gasteiger partial charge on any atom is -0.486 e. The van der Waals surface area contributed by atoms with E-state index >= 15 is 0 Å². The van der Waals surface area contributed by atoms with Crippen molar-refractivity contribution in [2.45, 2.75) is 50.8 Å². The van der Waals surface area contributed by atoms with Crippen molar-refractivity contribution in [1.29, 1.82) is 0 Å². The molecule has 0 spiro atoms. The van der Waals surface area contributed by atoms with Crippen molar-refractivity contribution in [2.75, 3.05) is 6.61 Å². The van der Waals surface area contributed by atoms with E-state index in [-0.39, 0.29) is 25.6 Å². The summed E-state index contributed by atoms with van der Waals surface area (Å²) >= 11 is 0. The third-order valence-electron chi connectivity index (χ3n) is 7.06. The second kappa shape index (κ2) is 15.8. The van der Waals surface area contributed by atoms with Crippen LogP contribution in [0.5, 0.6) is 0 Å². The van der Waals surface area contributed by atoms with Gasteiger partial charge in [-0.15, -0.1) is 0 Å². The molecule has 0 amide bonds. The van der Waals surface area contributed by atoms with Crippen LogP contribution in [0, 0.1) is 0 Å². The number of carboxylic acid groups (broad SMARTS) is 1. The Bertz CT molecular complexity index is 1410. The van der Waals surface area contributed by atoms with Crippen LogP contribution in [0.1, 0.15) is 22.3 Å². The molecule has 5 rings (SSSR count).